The van der Waals surface area contributed by atoms with Gasteiger partial charge in [-0.05, 0) is 79.2 Å². The maximum absolute atomic E-state index is 4.88. The highest BCUT2D eigenvalue weighted by Crippen LogP contribution is 2.53. The Morgan fingerprint density at radius 3 is 2.03 bits per heavy atom. The molecular formula is C35H24N2. The Labute approximate surface area is 215 Å². The summed E-state index contributed by atoms with van der Waals surface area (Å²) in [5.74, 6) is 1.09. The summed E-state index contributed by atoms with van der Waals surface area (Å²) in [5.41, 5.74) is 11.3. The lowest BCUT2D eigenvalue weighted by Crippen LogP contribution is -2.00. The number of hydrogen-bond acceptors (Lipinski definition) is 1. The van der Waals surface area contributed by atoms with Crippen LogP contribution in [-0.4, -0.2) is 9.55 Å². The molecule has 7 aromatic rings. The second-order valence-corrected chi connectivity index (χ2v) is 9.82. The van der Waals surface area contributed by atoms with Gasteiger partial charge in [0.25, 0.3) is 0 Å². The minimum Gasteiger partial charge on any atom is -0.296 e. The third kappa shape index (κ3) is 2.78. The molecule has 0 fully saturated rings. The van der Waals surface area contributed by atoms with E-state index in [4.69, 9.17) is 4.98 Å². The van der Waals surface area contributed by atoms with E-state index in [2.05, 4.69) is 127 Å². The third-order valence-electron chi connectivity index (χ3n) is 7.90. The number of fused-ring (bicyclic) bond motifs is 6. The van der Waals surface area contributed by atoms with Crippen molar-refractivity contribution in [3.8, 4) is 39.1 Å². The smallest absolute Gasteiger partial charge is 0.114 e. The van der Waals surface area contributed by atoms with E-state index < -0.39 is 0 Å². The fourth-order valence-corrected chi connectivity index (χ4v) is 6.36. The molecule has 174 valence electrons. The topological polar surface area (TPSA) is 17.8 Å². The summed E-state index contributed by atoms with van der Waals surface area (Å²) in [6.07, 6.45) is 0.885. The molecule has 0 spiro atoms. The molecule has 0 atom stereocenters. The summed E-state index contributed by atoms with van der Waals surface area (Å²) in [6, 6.07) is 41.9. The number of aromatic nitrogens is 2. The quantitative estimate of drug-likeness (QED) is 0.234. The van der Waals surface area contributed by atoms with Gasteiger partial charge in [0.05, 0.1) is 11.0 Å². The maximum atomic E-state index is 4.88. The Kier molecular flexibility index (Phi) is 4.24. The van der Waals surface area contributed by atoms with E-state index >= 15 is 0 Å². The average molecular weight is 473 g/mol. The molecule has 2 nitrogen and oxygen atoms in total. The summed E-state index contributed by atoms with van der Waals surface area (Å²) >= 11 is 0. The first-order chi connectivity index (χ1) is 18.3. The highest BCUT2D eigenvalue weighted by atomic mass is 15.1. The zero-order valence-electron chi connectivity index (χ0n) is 20.6. The van der Waals surface area contributed by atoms with Crippen LogP contribution < -0.4 is 0 Å². The van der Waals surface area contributed by atoms with E-state index in [1.807, 2.05) is 0 Å². The molecule has 6 aromatic carbocycles. The van der Waals surface area contributed by atoms with Gasteiger partial charge in [0, 0.05) is 12.1 Å². The van der Waals surface area contributed by atoms with Crippen LogP contribution in [-0.2, 0) is 6.42 Å². The zero-order chi connectivity index (χ0) is 24.5. The van der Waals surface area contributed by atoms with E-state index in [0.717, 1.165) is 29.0 Å². The van der Waals surface area contributed by atoms with Gasteiger partial charge in [0.2, 0.25) is 0 Å². The van der Waals surface area contributed by atoms with Crippen molar-refractivity contribution in [2.45, 2.75) is 13.3 Å². The molecule has 0 N–H and O–H groups in total. The fourth-order valence-electron chi connectivity index (χ4n) is 6.36. The van der Waals surface area contributed by atoms with E-state index in [1.54, 1.807) is 0 Å². The van der Waals surface area contributed by atoms with Gasteiger partial charge in [-0.15, -0.1) is 0 Å². The SMILES string of the molecule is CCc1nc2ccccc2n1-c1ccc(-c2c3ccccc3c3c4c(cccc24)-c2ccccc2-3)cc1. The lowest BCUT2D eigenvalue weighted by Gasteiger charge is -2.16. The van der Waals surface area contributed by atoms with Crippen LogP contribution in [0.15, 0.2) is 115 Å². The molecule has 2 heteroatoms. The lowest BCUT2D eigenvalue weighted by molar-refractivity contribution is 0.908. The number of imidazole rings is 1. The van der Waals surface area contributed by atoms with Crippen molar-refractivity contribution in [3.63, 3.8) is 0 Å². The Bertz CT molecular complexity index is 2010. The molecule has 0 amide bonds. The summed E-state index contributed by atoms with van der Waals surface area (Å²) < 4.78 is 2.29. The Hall–Kier alpha value is -4.69. The number of benzene rings is 6. The molecule has 0 aliphatic heterocycles. The van der Waals surface area contributed by atoms with Crippen molar-refractivity contribution in [2.75, 3.05) is 0 Å². The number of para-hydroxylation sites is 2. The molecule has 0 saturated carbocycles. The molecule has 1 aliphatic carbocycles. The third-order valence-corrected chi connectivity index (χ3v) is 7.90. The predicted molar refractivity (Wildman–Crippen MR) is 155 cm³/mol. The second-order valence-electron chi connectivity index (χ2n) is 9.82. The summed E-state index contributed by atoms with van der Waals surface area (Å²) in [6.45, 7) is 2.17. The zero-order valence-corrected chi connectivity index (χ0v) is 20.6. The van der Waals surface area contributed by atoms with Crippen LogP contribution in [0.2, 0.25) is 0 Å². The Morgan fingerprint density at radius 1 is 0.568 bits per heavy atom. The van der Waals surface area contributed by atoms with E-state index in [9.17, 15) is 0 Å². The van der Waals surface area contributed by atoms with Crippen LogP contribution in [0.25, 0.3) is 71.6 Å². The minimum atomic E-state index is 0.885. The Morgan fingerprint density at radius 2 is 1.22 bits per heavy atom. The molecule has 1 aromatic heterocycles. The standard InChI is InChI=1S/C35H24N2/c1-2-32-36-30-16-7-8-17-31(30)37(32)23-20-18-22(19-21-23)33-27-12-5-6-13-28(27)34-25-11-4-3-10-24(25)26-14-9-15-29(33)35(26)34/h3-21H,2H2,1H3. The van der Waals surface area contributed by atoms with Gasteiger partial charge in [-0.3, -0.25) is 4.57 Å². The molecule has 1 heterocycles. The van der Waals surface area contributed by atoms with E-state index in [1.165, 1.54) is 54.9 Å². The molecule has 0 unspecified atom stereocenters. The number of nitrogens with zero attached hydrogens (tertiary/aromatic N) is 2. The fraction of sp³-hybridized carbons (Fsp3) is 0.0571. The van der Waals surface area contributed by atoms with Crippen molar-refractivity contribution < 1.29 is 0 Å². The first kappa shape index (κ1) is 20.5. The van der Waals surface area contributed by atoms with Gasteiger partial charge >= 0.3 is 0 Å². The molecule has 8 rings (SSSR count). The number of aryl methyl sites for hydroxylation is 1. The van der Waals surface area contributed by atoms with Gasteiger partial charge in [-0.1, -0.05) is 97.9 Å². The van der Waals surface area contributed by atoms with Crippen LogP contribution in [0, 0.1) is 0 Å². The second kappa shape index (κ2) is 7.65. The van der Waals surface area contributed by atoms with Crippen molar-refractivity contribution in [1.29, 1.82) is 0 Å². The van der Waals surface area contributed by atoms with Crippen molar-refractivity contribution in [3.05, 3.63) is 121 Å². The van der Waals surface area contributed by atoms with E-state index in [-0.39, 0.29) is 0 Å². The van der Waals surface area contributed by atoms with Crippen LogP contribution in [0.1, 0.15) is 12.7 Å². The van der Waals surface area contributed by atoms with Crippen LogP contribution >= 0.6 is 0 Å². The normalized spacial score (nSPS) is 12.0. The van der Waals surface area contributed by atoms with Gasteiger partial charge in [0.1, 0.15) is 5.82 Å². The number of hydrogen-bond donors (Lipinski definition) is 0. The van der Waals surface area contributed by atoms with Crippen molar-refractivity contribution in [1.82, 2.24) is 9.55 Å². The molecule has 37 heavy (non-hydrogen) atoms. The lowest BCUT2D eigenvalue weighted by atomic mass is 9.88. The monoisotopic (exact) mass is 472 g/mol. The largest absolute Gasteiger partial charge is 0.296 e. The number of rotatable bonds is 3. The molecule has 0 saturated heterocycles. The molecule has 1 aliphatic rings. The van der Waals surface area contributed by atoms with Crippen LogP contribution in [0.4, 0.5) is 0 Å². The first-order valence-electron chi connectivity index (χ1n) is 13.0. The van der Waals surface area contributed by atoms with Crippen molar-refractivity contribution in [2.24, 2.45) is 0 Å². The summed E-state index contributed by atoms with van der Waals surface area (Å²) in [5, 5.41) is 5.31. The minimum absolute atomic E-state index is 0.885. The first-order valence-corrected chi connectivity index (χ1v) is 13.0. The van der Waals surface area contributed by atoms with Gasteiger partial charge in [-0.25, -0.2) is 4.98 Å². The highest BCUT2D eigenvalue weighted by Gasteiger charge is 2.25. The maximum Gasteiger partial charge on any atom is 0.114 e. The van der Waals surface area contributed by atoms with Crippen LogP contribution in [0.5, 0.6) is 0 Å². The highest BCUT2D eigenvalue weighted by molar-refractivity contribution is 6.29. The van der Waals surface area contributed by atoms with Gasteiger partial charge in [0.15, 0.2) is 0 Å². The summed E-state index contributed by atoms with van der Waals surface area (Å²) in [4.78, 5) is 4.88. The van der Waals surface area contributed by atoms with Gasteiger partial charge < -0.3 is 0 Å². The van der Waals surface area contributed by atoms with Crippen LogP contribution in [0.3, 0.4) is 0 Å². The molecule has 0 bridgehead atoms. The average Bonchev–Trinajstić information content (AvgIpc) is 3.51. The predicted octanol–water partition coefficient (Wildman–Crippen LogP) is 9.21. The van der Waals surface area contributed by atoms with Crippen molar-refractivity contribution >= 4 is 32.6 Å². The van der Waals surface area contributed by atoms with E-state index in [0.29, 0.717) is 0 Å². The van der Waals surface area contributed by atoms with Gasteiger partial charge in [-0.2, -0.15) is 0 Å². The molecule has 0 radical (unpaired) electrons. The molecular weight excluding hydrogens is 448 g/mol. The summed E-state index contributed by atoms with van der Waals surface area (Å²) in [7, 11) is 0. The Balaban J connectivity index is 1.40.